The Hall–Kier alpha value is -3.71. The van der Waals surface area contributed by atoms with Crippen LogP contribution in [0.5, 0.6) is 0 Å². The lowest BCUT2D eigenvalue weighted by molar-refractivity contribution is 0.0939. The van der Waals surface area contributed by atoms with Crippen molar-refractivity contribution in [3.05, 3.63) is 102 Å². The van der Waals surface area contributed by atoms with Gasteiger partial charge in [-0.2, -0.15) is 0 Å². The molecule has 178 valence electrons. The van der Waals surface area contributed by atoms with Crippen molar-refractivity contribution in [3.63, 3.8) is 0 Å². The van der Waals surface area contributed by atoms with E-state index in [1.165, 1.54) is 4.31 Å². The van der Waals surface area contributed by atoms with Gasteiger partial charge < -0.3 is 5.32 Å². The summed E-state index contributed by atoms with van der Waals surface area (Å²) in [5.41, 5.74) is 3.19. The zero-order valence-corrected chi connectivity index (χ0v) is 20.5. The fraction of sp³-hybridized carbons (Fsp3) is 0.214. The molecule has 3 aromatic carbocycles. The Balaban J connectivity index is 1.49. The number of anilines is 2. The molecule has 1 heterocycles. The molecule has 1 aromatic heterocycles. The van der Waals surface area contributed by atoms with E-state index in [-0.39, 0.29) is 11.9 Å². The molecule has 1 aliphatic carbocycles. The van der Waals surface area contributed by atoms with Crippen LogP contribution in [0.3, 0.4) is 0 Å². The Bertz CT molecular complexity index is 1490. The van der Waals surface area contributed by atoms with Crippen molar-refractivity contribution in [1.29, 1.82) is 0 Å². The van der Waals surface area contributed by atoms with E-state index in [0.29, 0.717) is 29.8 Å². The zero-order valence-electron chi connectivity index (χ0n) is 19.7. The molecule has 0 radical (unpaired) electrons. The summed E-state index contributed by atoms with van der Waals surface area (Å²) in [7, 11) is -3.61. The topological polar surface area (TPSA) is 79.4 Å². The number of pyridine rings is 1. The Kier molecular flexibility index (Phi) is 6.03. The molecule has 6 nitrogen and oxygen atoms in total. The number of carbonyl (C=O) groups is 1. The lowest BCUT2D eigenvalue weighted by Gasteiger charge is -2.25. The summed E-state index contributed by atoms with van der Waals surface area (Å²) in [6, 6.07) is 22.5. The van der Waals surface area contributed by atoms with Gasteiger partial charge in [-0.05, 0) is 72.9 Å². The standard InChI is InChI=1S/C28H27N3O3S/c1-19-10-11-23(31(22-14-16-29-17-15-22)35(33,34)24-12-13-24)18-27(19)28(32)30-20(2)25-9-5-7-21-6-3-4-8-26(21)25/h3-11,14-18,20,24H,12-13H2,1-2H3,(H,30,32)/t20-/m1/s1. The normalized spacial score (nSPS) is 14.5. The highest BCUT2D eigenvalue weighted by Gasteiger charge is 2.41. The minimum absolute atomic E-state index is 0.233. The molecule has 0 spiro atoms. The summed E-state index contributed by atoms with van der Waals surface area (Å²) in [5.74, 6) is -0.247. The van der Waals surface area contributed by atoms with Crippen molar-refractivity contribution in [3.8, 4) is 0 Å². The highest BCUT2D eigenvalue weighted by Crippen LogP contribution is 2.38. The molecule has 35 heavy (non-hydrogen) atoms. The van der Waals surface area contributed by atoms with Crippen molar-refractivity contribution in [2.75, 3.05) is 4.31 Å². The van der Waals surface area contributed by atoms with Crippen LogP contribution in [0.15, 0.2) is 85.2 Å². The average Bonchev–Trinajstić information content (AvgIpc) is 3.72. The van der Waals surface area contributed by atoms with E-state index >= 15 is 0 Å². The van der Waals surface area contributed by atoms with Gasteiger partial charge in [0.05, 0.1) is 22.7 Å². The summed E-state index contributed by atoms with van der Waals surface area (Å²) in [4.78, 5) is 17.4. The van der Waals surface area contributed by atoms with E-state index in [0.717, 1.165) is 21.9 Å². The molecule has 1 aliphatic rings. The van der Waals surface area contributed by atoms with Crippen LogP contribution in [-0.2, 0) is 10.0 Å². The van der Waals surface area contributed by atoms with Gasteiger partial charge in [0, 0.05) is 18.0 Å². The molecule has 0 aliphatic heterocycles. The molecule has 0 saturated heterocycles. The Morgan fingerprint density at radius 3 is 2.43 bits per heavy atom. The number of sulfonamides is 1. The zero-order chi connectivity index (χ0) is 24.6. The summed E-state index contributed by atoms with van der Waals surface area (Å²) in [5, 5.41) is 4.91. The van der Waals surface area contributed by atoms with E-state index in [9.17, 15) is 13.2 Å². The molecule has 4 aromatic rings. The van der Waals surface area contributed by atoms with Crippen molar-refractivity contribution in [2.24, 2.45) is 0 Å². The third kappa shape index (κ3) is 4.51. The second-order valence-electron chi connectivity index (χ2n) is 8.98. The molecule has 5 rings (SSSR count). The van der Waals surface area contributed by atoms with Crippen LogP contribution < -0.4 is 9.62 Å². The molecule has 1 atom stereocenters. The first-order valence-corrected chi connectivity index (χ1v) is 13.2. The minimum atomic E-state index is -3.61. The molecule has 1 amide bonds. The molecule has 1 N–H and O–H groups in total. The summed E-state index contributed by atoms with van der Waals surface area (Å²) >= 11 is 0. The smallest absolute Gasteiger partial charge is 0.252 e. The fourth-order valence-corrected chi connectivity index (χ4v) is 6.25. The van der Waals surface area contributed by atoms with Crippen molar-refractivity contribution in [2.45, 2.75) is 38.0 Å². The van der Waals surface area contributed by atoms with Crippen molar-refractivity contribution < 1.29 is 13.2 Å². The predicted octanol–water partition coefficient (Wildman–Crippen LogP) is 5.66. The molecular weight excluding hydrogens is 458 g/mol. The molecule has 7 heteroatoms. The van der Waals surface area contributed by atoms with Crippen LogP contribution in [0.2, 0.25) is 0 Å². The van der Waals surface area contributed by atoms with Crippen molar-refractivity contribution >= 4 is 38.1 Å². The van der Waals surface area contributed by atoms with E-state index < -0.39 is 15.3 Å². The van der Waals surface area contributed by atoms with E-state index in [4.69, 9.17) is 0 Å². The first kappa shape index (κ1) is 23.1. The number of aromatic nitrogens is 1. The van der Waals surface area contributed by atoms with Gasteiger partial charge in [0.15, 0.2) is 0 Å². The quantitative estimate of drug-likeness (QED) is 0.366. The highest BCUT2D eigenvalue weighted by molar-refractivity contribution is 7.94. The largest absolute Gasteiger partial charge is 0.345 e. The van der Waals surface area contributed by atoms with Gasteiger partial charge in [-0.3, -0.25) is 9.78 Å². The van der Waals surface area contributed by atoms with Gasteiger partial charge in [0.25, 0.3) is 5.91 Å². The van der Waals surface area contributed by atoms with Crippen LogP contribution in [0.1, 0.15) is 47.3 Å². The maximum Gasteiger partial charge on any atom is 0.252 e. The fourth-order valence-electron chi connectivity index (χ4n) is 4.40. The number of aryl methyl sites for hydroxylation is 1. The van der Waals surface area contributed by atoms with Crippen molar-refractivity contribution in [1.82, 2.24) is 10.3 Å². The van der Waals surface area contributed by atoms with Crippen LogP contribution in [0.4, 0.5) is 11.4 Å². The van der Waals surface area contributed by atoms with Gasteiger partial charge in [-0.25, -0.2) is 12.7 Å². The predicted molar refractivity (Wildman–Crippen MR) is 139 cm³/mol. The molecular formula is C28H27N3O3S. The van der Waals surface area contributed by atoms with E-state index in [1.807, 2.05) is 38.1 Å². The second-order valence-corrected chi connectivity index (χ2v) is 11.0. The van der Waals surface area contributed by atoms with Crippen LogP contribution in [-0.4, -0.2) is 24.6 Å². The Morgan fingerprint density at radius 1 is 0.971 bits per heavy atom. The van der Waals surface area contributed by atoms with E-state index in [1.54, 1.807) is 42.7 Å². The van der Waals surface area contributed by atoms with Gasteiger partial charge in [0.1, 0.15) is 0 Å². The first-order chi connectivity index (χ1) is 16.9. The Labute approximate surface area is 205 Å². The van der Waals surface area contributed by atoms with Gasteiger partial charge in [-0.1, -0.05) is 48.5 Å². The Morgan fingerprint density at radius 2 is 1.69 bits per heavy atom. The number of rotatable bonds is 7. The third-order valence-corrected chi connectivity index (χ3v) is 8.68. The number of fused-ring (bicyclic) bond motifs is 1. The van der Waals surface area contributed by atoms with Crippen LogP contribution >= 0.6 is 0 Å². The number of benzene rings is 3. The maximum absolute atomic E-state index is 13.4. The number of hydrogen-bond acceptors (Lipinski definition) is 4. The van der Waals surface area contributed by atoms with Gasteiger partial charge in [-0.15, -0.1) is 0 Å². The number of carbonyl (C=O) groups excluding carboxylic acids is 1. The number of nitrogens with one attached hydrogen (secondary N) is 1. The number of hydrogen-bond donors (Lipinski definition) is 1. The minimum Gasteiger partial charge on any atom is -0.345 e. The third-order valence-electron chi connectivity index (χ3n) is 6.44. The molecule has 0 unspecified atom stereocenters. The monoisotopic (exact) mass is 485 g/mol. The summed E-state index contributed by atoms with van der Waals surface area (Å²) in [6.07, 6.45) is 4.42. The average molecular weight is 486 g/mol. The SMILES string of the molecule is Cc1ccc(N(c2ccncc2)S(=O)(=O)C2CC2)cc1C(=O)N[C@H](C)c1cccc2ccccc12. The number of amides is 1. The van der Waals surface area contributed by atoms with Crippen LogP contribution in [0, 0.1) is 6.92 Å². The molecule has 0 bridgehead atoms. The highest BCUT2D eigenvalue weighted by atomic mass is 32.2. The molecule has 1 saturated carbocycles. The molecule has 1 fully saturated rings. The second kappa shape index (κ2) is 9.15. The lowest BCUT2D eigenvalue weighted by Crippen LogP contribution is -2.31. The van der Waals surface area contributed by atoms with Gasteiger partial charge >= 0.3 is 0 Å². The van der Waals surface area contributed by atoms with Gasteiger partial charge in [0.2, 0.25) is 10.0 Å². The lowest BCUT2D eigenvalue weighted by atomic mass is 9.99. The first-order valence-electron chi connectivity index (χ1n) is 11.7. The van der Waals surface area contributed by atoms with Crippen LogP contribution in [0.25, 0.3) is 10.8 Å². The van der Waals surface area contributed by atoms with E-state index in [2.05, 4.69) is 28.5 Å². The maximum atomic E-state index is 13.4. The number of nitrogens with zero attached hydrogens (tertiary/aromatic N) is 2. The summed E-state index contributed by atoms with van der Waals surface area (Å²) < 4.78 is 28.0. The summed E-state index contributed by atoms with van der Waals surface area (Å²) in [6.45, 7) is 3.81.